The number of hydrogen-bond donors (Lipinski definition) is 3. The van der Waals surface area contributed by atoms with Crippen LogP contribution in [-0.4, -0.2) is 30.0 Å². The van der Waals surface area contributed by atoms with Crippen molar-refractivity contribution in [1.29, 1.82) is 5.41 Å². The Kier molecular flexibility index (Phi) is 7.26. The lowest BCUT2D eigenvalue weighted by Gasteiger charge is -2.10. The molecule has 3 rings (SSSR count). The molecule has 160 valence electrons. The third kappa shape index (κ3) is 6.08. The highest BCUT2D eigenvalue weighted by atomic mass is 19.1. The summed E-state index contributed by atoms with van der Waals surface area (Å²) in [6.45, 7) is 4.14. The monoisotopic (exact) mass is 421 g/mol. The van der Waals surface area contributed by atoms with Gasteiger partial charge < -0.3 is 15.2 Å². The molecule has 0 saturated carbocycles. The van der Waals surface area contributed by atoms with Gasteiger partial charge in [-0.1, -0.05) is 28.4 Å². The minimum atomic E-state index is -0.288. The van der Waals surface area contributed by atoms with Gasteiger partial charge in [0, 0.05) is 30.8 Å². The molecule has 0 bridgehead atoms. The molecule has 1 amide bonds. The van der Waals surface area contributed by atoms with Crippen molar-refractivity contribution in [3.63, 3.8) is 0 Å². The van der Waals surface area contributed by atoms with Gasteiger partial charge in [-0.15, -0.1) is 0 Å². The van der Waals surface area contributed by atoms with Gasteiger partial charge >= 0.3 is 0 Å². The number of carbonyl (C=O) groups is 1. The molecule has 0 spiro atoms. The molecule has 0 fully saturated rings. The lowest BCUT2D eigenvalue weighted by molar-refractivity contribution is 0.0954. The van der Waals surface area contributed by atoms with E-state index >= 15 is 0 Å². The highest BCUT2D eigenvalue weighted by molar-refractivity contribution is 6.14. The zero-order valence-electron chi connectivity index (χ0n) is 17.4. The van der Waals surface area contributed by atoms with E-state index in [0.29, 0.717) is 42.1 Å². The van der Waals surface area contributed by atoms with Crippen LogP contribution in [0.4, 0.5) is 10.1 Å². The molecule has 31 heavy (non-hydrogen) atoms. The fourth-order valence-electron chi connectivity index (χ4n) is 3.11. The first kappa shape index (κ1) is 21.9. The number of rotatable bonds is 8. The minimum absolute atomic E-state index is 0.243. The van der Waals surface area contributed by atoms with E-state index in [4.69, 9.17) is 9.93 Å². The standard InChI is InChI=1S/C23H24FN5O2/c1-15-3-6-21(28-27-10-8-25)20(13-15)23(30)26-9-7-19-14-22(31-29-19)17-4-5-18(24)12-16(2)11-17/h3-6,8,10,12-14,25,28H,7,9,11H2,1-2H3,(H,26,30)/b25-8?,27-10-. The van der Waals surface area contributed by atoms with Gasteiger partial charge in [0.25, 0.3) is 5.91 Å². The maximum absolute atomic E-state index is 13.5. The lowest BCUT2D eigenvalue weighted by Crippen LogP contribution is -2.26. The predicted octanol–water partition coefficient (Wildman–Crippen LogP) is 4.59. The number of benzene rings is 1. The van der Waals surface area contributed by atoms with Crippen LogP contribution in [0.3, 0.4) is 0 Å². The zero-order chi connectivity index (χ0) is 22.2. The number of halogens is 1. The molecular weight excluding hydrogens is 397 g/mol. The van der Waals surface area contributed by atoms with Crippen molar-refractivity contribution in [3.05, 3.63) is 76.5 Å². The number of hydrogen-bond acceptors (Lipinski definition) is 6. The maximum atomic E-state index is 13.5. The highest BCUT2D eigenvalue weighted by Gasteiger charge is 2.14. The summed E-state index contributed by atoms with van der Waals surface area (Å²) >= 11 is 0. The van der Waals surface area contributed by atoms with E-state index in [1.54, 1.807) is 18.2 Å². The molecule has 7 nitrogen and oxygen atoms in total. The van der Waals surface area contributed by atoms with Crippen molar-refractivity contribution in [2.24, 2.45) is 5.10 Å². The summed E-state index contributed by atoms with van der Waals surface area (Å²) in [5.74, 6) is 0.0607. The summed E-state index contributed by atoms with van der Waals surface area (Å²) in [6.07, 6.45) is 8.01. The number of aryl methyl sites for hydroxylation is 1. The lowest BCUT2D eigenvalue weighted by atomic mass is 10.0. The van der Waals surface area contributed by atoms with Gasteiger partial charge in [0.1, 0.15) is 5.83 Å². The van der Waals surface area contributed by atoms with Crippen LogP contribution in [0.2, 0.25) is 0 Å². The van der Waals surface area contributed by atoms with E-state index in [1.165, 1.54) is 18.4 Å². The van der Waals surface area contributed by atoms with Crippen LogP contribution in [0.15, 0.2) is 63.5 Å². The highest BCUT2D eigenvalue weighted by Crippen LogP contribution is 2.27. The van der Waals surface area contributed by atoms with Crippen LogP contribution in [-0.2, 0) is 6.42 Å². The Morgan fingerprint density at radius 3 is 2.97 bits per heavy atom. The third-order valence-corrected chi connectivity index (χ3v) is 4.59. The molecule has 1 aromatic heterocycles. The Hall–Kier alpha value is -3.81. The van der Waals surface area contributed by atoms with Crippen molar-refractivity contribution in [1.82, 2.24) is 10.5 Å². The molecular formula is C23H24FN5O2. The second-order valence-electron chi connectivity index (χ2n) is 7.21. The molecule has 2 aromatic rings. The Morgan fingerprint density at radius 2 is 2.16 bits per heavy atom. The fraction of sp³-hybridized carbons (Fsp3) is 0.217. The number of aromatic nitrogens is 1. The summed E-state index contributed by atoms with van der Waals surface area (Å²) in [6, 6.07) is 7.22. The van der Waals surface area contributed by atoms with Gasteiger partial charge in [0.2, 0.25) is 0 Å². The number of nitrogens with one attached hydrogen (secondary N) is 3. The quantitative estimate of drug-likeness (QED) is 0.428. The zero-order valence-corrected chi connectivity index (χ0v) is 17.4. The molecule has 1 aliphatic carbocycles. The van der Waals surface area contributed by atoms with Crippen molar-refractivity contribution in [2.45, 2.75) is 26.7 Å². The first-order valence-corrected chi connectivity index (χ1v) is 9.82. The van der Waals surface area contributed by atoms with Gasteiger partial charge in [-0.05, 0) is 44.6 Å². The largest absolute Gasteiger partial charge is 0.356 e. The Balaban J connectivity index is 1.61. The number of amides is 1. The first-order valence-electron chi connectivity index (χ1n) is 9.82. The Labute approximate surface area is 179 Å². The predicted molar refractivity (Wildman–Crippen MR) is 120 cm³/mol. The van der Waals surface area contributed by atoms with Gasteiger partial charge in [0.15, 0.2) is 5.76 Å². The van der Waals surface area contributed by atoms with Gasteiger partial charge in [0.05, 0.1) is 23.2 Å². The summed E-state index contributed by atoms with van der Waals surface area (Å²) in [5, 5.41) is 17.8. The number of hydrazone groups is 1. The molecule has 0 saturated heterocycles. The van der Waals surface area contributed by atoms with E-state index in [9.17, 15) is 9.18 Å². The van der Waals surface area contributed by atoms with E-state index in [2.05, 4.69) is 21.0 Å². The molecule has 1 aromatic carbocycles. The Morgan fingerprint density at radius 1 is 1.32 bits per heavy atom. The molecule has 3 N–H and O–H groups in total. The summed E-state index contributed by atoms with van der Waals surface area (Å²) < 4.78 is 19.0. The van der Waals surface area contributed by atoms with Gasteiger partial charge in [-0.2, -0.15) is 5.10 Å². The number of nitrogens with zero attached hydrogens (tertiary/aromatic N) is 2. The molecule has 8 heteroatoms. The van der Waals surface area contributed by atoms with Crippen LogP contribution in [0, 0.1) is 12.3 Å². The molecule has 0 atom stereocenters. The van der Waals surface area contributed by atoms with Crippen molar-refractivity contribution in [2.75, 3.05) is 12.0 Å². The summed E-state index contributed by atoms with van der Waals surface area (Å²) in [7, 11) is 0. The maximum Gasteiger partial charge on any atom is 0.253 e. The summed E-state index contributed by atoms with van der Waals surface area (Å²) in [5.41, 5.74) is 7.17. The van der Waals surface area contributed by atoms with Crippen LogP contribution in [0.5, 0.6) is 0 Å². The van der Waals surface area contributed by atoms with Crippen molar-refractivity contribution in [3.8, 4) is 0 Å². The van der Waals surface area contributed by atoms with Crippen LogP contribution in [0.25, 0.3) is 5.57 Å². The van der Waals surface area contributed by atoms with E-state index in [0.717, 1.165) is 22.9 Å². The van der Waals surface area contributed by atoms with E-state index in [-0.39, 0.29) is 11.7 Å². The van der Waals surface area contributed by atoms with Crippen LogP contribution < -0.4 is 10.7 Å². The normalized spacial score (nSPS) is 13.8. The van der Waals surface area contributed by atoms with Gasteiger partial charge in [-0.3, -0.25) is 10.2 Å². The minimum Gasteiger partial charge on any atom is -0.356 e. The molecule has 0 radical (unpaired) electrons. The molecule has 1 aliphatic rings. The average Bonchev–Trinajstić information content (AvgIpc) is 3.13. The number of allylic oxidation sites excluding steroid dienone is 6. The van der Waals surface area contributed by atoms with Crippen LogP contribution in [0.1, 0.15) is 40.7 Å². The SMILES string of the molecule is CC1=CC(F)=CC=C(c2cc(CCNC(=O)c3cc(C)ccc3N/N=C\C=N)no2)C1. The second-order valence-corrected chi connectivity index (χ2v) is 7.21. The molecule has 0 unspecified atom stereocenters. The van der Waals surface area contributed by atoms with Crippen LogP contribution >= 0.6 is 0 Å². The average molecular weight is 421 g/mol. The van der Waals surface area contributed by atoms with Gasteiger partial charge in [-0.25, -0.2) is 4.39 Å². The van der Waals surface area contributed by atoms with E-state index < -0.39 is 0 Å². The summed E-state index contributed by atoms with van der Waals surface area (Å²) in [4.78, 5) is 12.6. The topological polar surface area (TPSA) is 103 Å². The molecule has 1 heterocycles. The number of carbonyl (C=O) groups excluding carboxylic acids is 1. The smallest absolute Gasteiger partial charge is 0.253 e. The van der Waals surface area contributed by atoms with Crippen molar-refractivity contribution >= 4 is 29.6 Å². The third-order valence-electron chi connectivity index (χ3n) is 4.59. The second kappa shape index (κ2) is 10.3. The molecule has 0 aliphatic heterocycles. The van der Waals surface area contributed by atoms with Crippen molar-refractivity contribution < 1.29 is 13.7 Å². The Bertz CT molecular complexity index is 1100. The first-order chi connectivity index (χ1) is 15.0. The van der Waals surface area contributed by atoms with E-state index in [1.807, 2.05) is 26.0 Å². The number of anilines is 1. The fourth-order valence-corrected chi connectivity index (χ4v) is 3.11.